The average Bonchev–Trinajstić information content (AvgIpc) is 2.42. The van der Waals surface area contributed by atoms with E-state index >= 15 is 0 Å². The van der Waals surface area contributed by atoms with Gasteiger partial charge in [0.15, 0.2) is 0 Å². The van der Waals surface area contributed by atoms with Gasteiger partial charge in [0.25, 0.3) is 0 Å². The van der Waals surface area contributed by atoms with Crippen LogP contribution in [0.4, 0.5) is 5.69 Å². The minimum absolute atomic E-state index is 0.0848. The number of nitrogens with zero attached hydrogens (tertiary/aromatic N) is 3. The number of carboxylic acid groups (broad SMARTS) is 1. The summed E-state index contributed by atoms with van der Waals surface area (Å²) in [6, 6.07) is 12.7. The van der Waals surface area contributed by atoms with E-state index in [2.05, 4.69) is 10.0 Å². The van der Waals surface area contributed by atoms with Gasteiger partial charge in [-0.1, -0.05) is 17.2 Å². The van der Waals surface area contributed by atoms with Gasteiger partial charge in [0.1, 0.15) is 17.1 Å². The summed E-state index contributed by atoms with van der Waals surface area (Å²) in [4.78, 5) is 13.7. The number of ether oxygens (including phenoxy) is 1. The summed E-state index contributed by atoms with van der Waals surface area (Å²) in [6.45, 7) is 0. The van der Waals surface area contributed by atoms with Crippen LogP contribution in [-0.4, -0.2) is 11.1 Å². The van der Waals surface area contributed by atoms with Crippen LogP contribution in [0.5, 0.6) is 11.5 Å². The largest absolute Gasteiger partial charge is 0.478 e. The van der Waals surface area contributed by atoms with Gasteiger partial charge in [-0.2, -0.15) is 0 Å². The van der Waals surface area contributed by atoms with E-state index in [4.69, 9.17) is 15.4 Å². The van der Waals surface area contributed by atoms with Crippen LogP contribution in [-0.2, 0) is 0 Å². The molecular formula is C13H9N3O3. The molecule has 0 aliphatic heterocycles. The first-order chi connectivity index (χ1) is 9.20. The van der Waals surface area contributed by atoms with E-state index < -0.39 is 5.97 Å². The molecular weight excluding hydrogens is 246 g/mol. The molecule has 0 saturated heterocycles. The molecule has 0 atom stereocenters. The van der Waals surface area contributed by atoms with Crippen LogP contribution >= 0.6 is 0 Å². The van der Waals surface area contributed by atoms with Gasteiger partial charge in [-0.15, -0.1) is 0 Å². The zero-order valence-electron chi connectivity index (χ0n) is 9.72. The molecule has 0 aliphatic carbocycles. The van der Waals surface area contributed by atoms with Gasteiger partial charge in [-0.25, -0.2) is 4.79 Å². The first-order valence-electron chi connectivity index (χ1n) is 5.36. The predicted molar refractivity (Wildman–Crippen MR) is 68.7 cm³/mol. The zero-order valence-corrected chi connectivity index (χ0v) is 9.72. The second-order valence-corrected chi connectivity index (χ2v) is 3.59. The Balaban J connectivity index is 2.26. The predicted octanol–water partition coefficient (Wildman–Crippen LogP) is 4.12. The molecule has 0 bridgehead atoms. The quantitative estimate of drug-likeness (QED) is 0.505. The Morgan fingerprint density at radius 3 is 2.47 bits per heavy atom. The lowest BCUT2D eigenvalue weighted by atomic mass is 10.2. The molecule has 2 aromatic rings. The van der Waals surface area contributed by atoms with Gasteiger partial charge in [-0.3, -0.25) is 0 Å². The van der Waals surface area contributed by atoms with Crippen molar-refractivity contribution in [2.75, 3.05) is 0 Å². The fraction of sp³-hybridized carbons (Fsp3) is 0. The number of carboxylic acids is 1. The van der Waals surface area contributed by atoms with E-state index in [1.165, 1.54) is 6.07 Å². The van der Waals surface area contributed by atoms with E-state index in [1.54, 1.807) is 42.5 Å². The number of para-hydroxylation sites is 1. The van der Waals surface area contributed by atoms with Crippen LogP contribution in [0.25, 0.3) is 10.4 Å². The molecule has 0 aromatic heterocycles. The van der Waals surface area contributed by atoms with E-state index in [0.717, 1.165) is 0 Å². The summed E-state index contributed by atoms with van der Waals surface area (Å²) >= 11 is 0. The molecule has 0 heterocycles. The fourth-order valence-corrected chi connectivity index (χ4v) is 1.49. The summed E-state index contributed by atoms with van der Waals surface area (Å²) < 4.78 is 5.49. The van der Waals surface area contributed by atoms with E-state index in [1.807, 2.05) is 0 Å². The second-order valence-electron chi connectivity index (χ2n) is 3.59. The van der Waals surface area contributed by atoms with Crippen molar-refractivity contribution in [2.45, 2.75) is 0 Å². The van der Waals surface area contributed by atoms with Gasteiger partial charge in [0, 0.05) is 10.6 Å². The number of hydrogen-bond donors (Lipinski definition) is 1. The molecule has 0 saturated carbocycles. The van der Waals surface area contributed by atoms with Gasteiger partial charge in [-0.05, 0) is 41.9 Å². The smallest absolute Gasteiger partial charge is 0.339 e. The van der Waals surface area contributed by atoms with Crippen molar-refractivity contribution in [3.63, 3.8) is 0 Å². The van der Waals surface area contributed by atoms with Crippen molar-refractivity contribution < 1.29 is 14.6 Å². The molecule has 94 valence electrons. The molecule has 0 spiro atoms. The fourth-order valence-electron chi connectivity index (χ4n) is 1.49. The maximum Gasteiger partial charge on any atom is 0.339 e. The maximum atomic E-state index is 11.0. The molecule has 0 amide bonds. The number of carbonyl (C=O) groups is 1. The highest BCUT2D eigenvalue weighted by molar-refractivity contribution is 5.90. The molecule has 6 nitrogen and oxygen atoms in total. The highest BCUT2D eigenvalue weighted by Crippen LogP contribution is 2.26. The molecule has 2 aromatic carbocycles. The minimum atomic E-state index is -1.05. The SMILES string of the molecule is [N-]=[N+]=Nc1ccc(Oc2ccccc2C(=O)O)cc1. The van der Waals surface area contributed by atoms with Crippen molar-refractivity contribution in [3.05, 3.63) is 64.5 Å². The van der Waals surface area contributed by atoms with Crippen molar-refractivity contribution in [1.82, 2.24) is 0 Å². The Bertz CT molecular complexity index is 646. The molecule has 19 heavy (non-hydrogen) atoms. The first kappa shape index (κ1) is 12.5. The Kier molecular flexibility index (Phi) is 3.66. The maximum absolute atomic E-state index is 11.0. The number of aromatic carboxylic acids is 1. The Morgan fingerprint density at radius 1 is 1.16 bits per heavy atom. The summed E-state index contributed by atoms with van der Waals surface area (Å²) in [5.41, 5.74) is 8.83. The van der Waals surface area contributed by atoms with Crippen molar-refractivity contribution in [1.29, 1.82) is 0 Å². The van der Waals surface area contributed by atoms with Gasteiger partial charge in [0.2, 0.25) is 0 Å². The van der Waals surface area contributed by atoms with Crippen LogP contribution in [0.3, 0.4) is 0 Å². The second kappa shape index (κ2) is 5.57. The number of azide groups is 1. The Labute approximate surface area is 108 Å². The van der Waals surface area contributed by atoms with Crippen LogP contribution in [0.15, 0.2) is 53.6 Å². The molecule has 0 unspecified atom stereocenters. The first-order valence-corrected chi connectivity index (χ1v) is 5.36. The Hall–Kier alpha value is -2.98. The number of rotatable bonds is 4. The van der Waals surface area contributed by atoms with Crippen LogP contribution in [0, 0.1) is 0 Å². The van der Waals surface area contributed by atoms with Crippen LogP contribution < -0.4 is 4.74 Å². The third-order valence-corrected chi connectivity index (χ3v) is 2.34. The lowest BCUT2D eigenvalue weighted by Gasteiger charge is -2.08. The summed E-state index contributed by atoms with van der Waals surface area (Å²) in [5.74, 6) is -0.335. The highest BCUT2D eigenvalue weighted by Gasteiger charge is 2.10. The standard InChI is InChI=1S/C13H9N3O3/c14-16-15-9-5-7-10(8-6-9)19-12-4-2-1-3-11(12)13(17)18/h1-8H,(H,17,18). The van der Waals surface area contributed by atoms with E-state index in [9.17, 15) is 4.79 Å². The monoisotopic (exact) mass is 255 g/mol. The molecule has 6 heteroatoms. The van der Waals surface area contributed by atoms with E-state index in [0.29, 0.717) is 11.4 Å². The van der Waals surface area contributed by atoms with Crippen molar-refractivity contribution in [3.8, 4) is 11.5 Å². The van der Waals surface area contributed by atoms with Crippen LogP contribution in [0.2, 0.25) is 0 Å². The molecule has 0 radical (unpaired) electrons. The molecule has 1 N–H and O–H groups in total. The molecule has 0 aliphatic rings. The van der Waals surface area contributed by atoms with E-state index in [-0.39, 0.29) is 11.3 Å². The minimum Gasteiger partial charge on any atom is -0.478 e. The number of benzene rings is 2. The summed E-state index contributed by atoms with van der Waals surface area (Å²) in [6.07, 6.45) is 0. The summed E-state index contributed by atoms with van der Waals surface area (Å²) in [7, 11) is 0. The highest BCUT2D eigenvalue weighted by atomic mass is 16.5. The third-order valence-electron chi connectivity index (χ3n) is 2.34. The van der Waals surface area contributed by atoms with Gasteiger partial charge >= 0.3 is 5.97 Å². The van der Waals surface area contributed by atoms with Crippen molar-refractivity contribution >= 4 is 11.7 Å². The van der Waals surface area contributed by atoms with Gasteiger partial charge < -0.3 is 9.84 Å². The normalized spacial score (nSPS) is 9.47. The lowest BCUT2D eigenvalue weighted by Crippen LogP contribution is -1.99. The summed E-state index contributed by atoms with van der Waals surface area (Å²) in [5, 5.41) is 12.5. The molecule has 0 fully saturated rings. The Morgan fingerprint density at radius 2 is 1.84 bits per heavy atom. The van der Waals surface area contributed by atoms with Crippen LogP contribution in [0.1, 0.15) is 10.4 Å². The lowest BCUT2D eigenvalue weighted by molar-refractivity contribution is 0.0694. The van der Waals surface area contributed by atoms with Crippen molar-refractivity contribution in [2.24, 2.45) is 5.11 Å². The number of hydrogen-bond acceptors (Lipinski definition) is 3. The topological polar surface area (TPSA) is 95.3 Å². The third kappa shape index (κ3) is 3.02. The average molecular weight is 255 g/mol. The van der Waals surface area contributed by atoms with Gasteiger partial charge in [0.05, 0.1) is 0 Å². The zero-order chi connectivity index (χ0) is 13.7. The molecule has 2 rings (SSSR count).